The quantitative estimate of drug-likeness (QED) is 0.881. The molecule has 0 saturated heterocycles. The molecule has 0 unspecified atom stereocenters. The summed E-state index contributed by atoms with van der Waals surface area (Å²) in [7, 11) is 1.64. The lowest BCUT2D eigenvalue weighted by molar-refractivity contribution is -0.136. The van der Waals surface area contributed by atoms with Gasteiger partial charge in [-0.1, -0.05) is 12.1 Å². The smallest absolute Gasteiger partial charge is 0.309 e. The van der Waals surface area contributed by atoms with E-state index in [4.69, 9.17) is 5.11 Å². The Morgan fingerprint density at radius 1 is 1.47 bits per heavy atom. The summed E-state index contributed by atoms with van der Waals surface area (Å²) in [4.78, 5) is 10.6. The maximum atomic E-state index is 13.5. The molecule has 4 nitrogen and oxygen atoms in total. The molecule has 1 N–H and O–H groups in total. The third kappa shape index (κ3) is 2.33. The fourth-order valence-electron chi connectivity index (χ4n) is 1.63. The zero-order chi connectivity index (χ0) is 12.4. The standard InChI is InChI=1S/C12H11FN2O2/c1-15-8(7-12(16)17)6-11(14-15)9-4-2-3-5-10(9)13/h2-6H,7H2,1H3,(H,16,17). The number of aromatic nitrogens is 2. The van der Waals surface area contributed by atoms with Crippen molar-refractivity contribution < 1.29 is 14.3 Å². The van der Waals surface area contributed by atoms with Crippen LogP contribution in [0.4, 0.5) is 4.39 Å². The van der Waals surface area contributed by atoms with Crippen molar-refractivity contribution in [2.24, 2.45) is 7.05 Å². The number of benzene rings is 1. The van der Waals surface area contributed by atoms with Gasteiger partial charge >= 0.3 is 5.97 Å². The van der Waals surface area contributed by atoms with E-state index in [9.17, 15) is 9.18 Å². The minimum absolute atomic E-state index is 0.127. The van der Waals surface area contributed by atoms with E-state index in [1.54, 1.807) is 31.3 Å². The summed E-state index contributed by atoms with van der Waals surface area (Å²) >= 11 is 0. The Morgan fingerprint density at radius 3 is 2.82 bits per heavy atom. The molecule has 2 rings (SSSR count). The van der Waals surface area contributed by atoms with Crippen LogP contribution in [0, 0.1) is 5.82 Å². The summed E-state index contributed by atoms with van der Waals surface area (Å²) in [5.74, 6) is -1.31. The van der Waals surface area contributed by atoms with Crippen molar-refractivity contribution in [1.29, 1.82) is 0 Å². The first-order valence-electron chi connectivity index (χ1n) is 5.07. The topological polar surface area (TPSA) is 55.1 Å². The number of halogens is 1. The third-order valence-electron chi connectivity index (χ3n) is 2.46. The van der Waals surface area contributed by atoms with Crippen molar-refractivity contribution in [2.45, 2.75) is 6.42 Å². The summed E-state index contributed by atoms with van der Waals surface area (Å²) in [5, 5.41) is 12.8. The lowest BCUT2D eigenvalue weighted by atomic mass is 10.1. The van der Waals surface area contributed by atoms with Gasteiger partial charge in [0.1, 0.15) is 5.82 Å². The highest BCUT2D eigenvalue weighted by Gasteiger charge is 2.12. The molecule has 5 heteroatoms. The number of hydrogen-bond acceptors (Lipinski definition) is 2. The molecule has 0 aliphatic heterocycles. The van der Waals surface area contributed by atoms with Crippen molar-refractivity contribution in [2.75, 3.05) is 0 Å². The van der Waals surface area contributed by atoms with Gasteiger partial charge in [-0.05, 0) is 18.2 Å². The highest BCUT2D eigenvalue weighted by atomic mass is 19.1. The second-order valence-corrected chi connectivity index (χ2v) is 3.69. The van der Waals surface area contributed by atoms with E-state index < -0.39 is 5.97 Å². The number of carbonyl (C=O) groups is 1. The van der Waals surface area contributed by atoms with Gasteiger partial charge in [-0.2, -0.15) is 5.10 Å². The zero-order valence-electron chi connectivity index (χ0n) is 9.22. The Morgan fingerprint density at radius 2 is 2.18 bits per heavy atom. The van der Waals surface area contributed by atoms with Gasteiger partial charge in [0.25, 0.3) is 0 Å². The predicted octanol–water partition coefficient (Wildman–Crippen LogP) is 1.85. The minimum atomic E-state index is -0.937. The van der Waals surface area contributed by atoms with Crippen molar-refractivity contribution in [3.05, 3.63) is 41.8 Å². The number of nitrogens with zero attached hydrogens (tertiary/aromatic N) is 2. The van der Waals surface area contributed by atoms with Crippen LogP contribution in [-0.2, 0) is 18.3 Å². The van der Waals surface area contributed by atoms with Crippen LogP contribution in [0.2, 0.25) is 0 Å². The fourth-order valence-corrected chi connectivity index (χ4v) is 1.63. The summed E-state index contributed by atoms with van der Waals surface area (Å²) in [6, 6.07) is 7.86. The average molecular weight is 234 g/mol. The van der Waals surface area contributed by atoms with E-state index in [-0.39, 0.29) is 12.2 Å². The van der Waals surface area contributed by atoms with Crippen molar-refractivity contribution in [1.82, 2.24) is 9.78 Å². The molecule has 1 aromatic carbocycles. The number of aryl methyl sites for hydroxylation is 1. The molecule has 0 radical (unpaired) electrons. The van der Waals surface area contributed by atoms with E-state index in [0.717, 1.165) is 0 Å². The molecule has 0 aliphatic rings. The summed E-state index contributed by atoms with van der Waals surface area (Å²) in [6.45, 7) is 0. The van der Waals surface area contributed by atoms with Gasteiger partial charge in [-0.25, -0.2) is 4.39 Å². The van der Waals surface area contributed by atoms with Gasteiger partial charge in [0, 0.05) is 18.3 Å². The molecule has 1 aromatic heterocycles. The lowest BCUT2D eigenvalue weighted by Crippen LogP contribution is -2.05. The second-order valence-electron chi connectivity index (χ2n) is 3.69. The van der Waals surface area contributed by atoms with Gasteiger partial charge in [0.2, 0.25) is 0 Å². The Bertz CT molecular complexity index is 563. The lowest BCUT2D eigenvalue weighted by Gasteiger charge is -1.97. The summed E-state index contributed by atoms with van der Waals surface area (Å²) in [5.41, 5.74) is 1.36. The summed E-state index contributed by atoms with van der Waals surface area (Å²) < 4.78 is 15.0. The van der Waals surface area contributed by atoms with Gasteiger partial charge in [-0.15, -0.1) is 0 Å². The normalized spacial score (nSPS) is 10.5. The molecule has 2 aromatic rings. The van der Waals surface area contributed by atoms with Gasteiger partial charge in [-0.3, -0.25) is 9.48 Å². The van der Waals surface area contributed by atoms with Crippen LogP contribution in [0.3, 0.4) is 0 Å². The SMILES string of the molecule is Cn1nc(-c2ccccc2F)cc1CC(=O)O. The molecule has 88 valence electrons. The van der Waals surface area contributed by atoms with Crippen LogP contribution in [0.1, 0.15) is 5.69 Å². The van der Waals surface area contributed by atoms with E-state index >= 15 is 0 Å². The Kier molecular flexibility index (Phi) is 2.91. The minimum Gasteiger partial charge on any atom is -0.481 e. The highest BCUT2D eigenvalue weighted by Crippen LogP contribution is 2.21. The number of hydrogen-bond donors (Lipinski definition) is 1. The molecule has 1 heterocycles. The van der Waals surface area contributed by atoms with Gasteiger partial charge in [0.15, 0.2) is 0 Å². The number of carboxylic acid groups (broad SMARTS) is 1. The molecular formula is C12H11FN2O2. The average Bonchev–Trinajstić information content (AvgIpc) is 2.60. The van der Waals surface area contributed by atoms with Crippen LogP contribution >= 0.6 is 0 Å². The van der Waals surface area contributed by atoms with E-state index in [2.05, 4.69) is 5.10 Å². The van der Waals surface area contributed by atoms with E-state index in [1.165, 1.54) is 10.7 Å². The largest absolute Gasteiger partial charge is 0.481 e. The van der Waals surface area contributed by atoms with Crippen molar-refractivity contribution in [3.63, 3.8) is 0 Å². The van der Waals surface area contributed by atoms with Crippen LogP contribution in [-0.4, -0.2) is 20.9 Å². The Balaban J connectivity index is 2.41. The highest BCUT2D eigenvalue weighted by molar-refractivity contribution is 5.70. The third-order valence-corrected chi connectivity index (χ3v) is 2.46. The van der Waals surface area contributed by atoms with Gasteiger partial charge in [0.05, 0.1) is 12.1 Å². The van der Waals surface area contributed by atoms with Crippen molar-refractivity contribution in [3.8, 4) is 11.3 Å². The van der Waals surface area contributed by atoms with Crippen LogP contribution in [0.25, 0.3) is 11.3 Å². The molecule has 0 aliphatic carbocycles. The molecule has 17 heavy (non-hydrogen) atoms. The van der Waals surface area contributed by atoms with E-state index in [1.807, 2.05) is 0 Å². The molecular weight excluding hydrogens is 223 g/mol. The second kappa shape index (κ2) is 4.37. The maximum Gasteiger partial charge on any atom is 0.309 e. The monoisotopic (exact) mass is 234 g/mol. The first kappa shape index (κ1) is 11.3. The number of carboxylic acids is 1. The molecule has 0 saturated carbocycles. The van der Waals surface area contributed by atoms with Crippen LogP contribution in [0.5, 0.6) is 0 Å². The molecule has 0 atom stereocenters. The van der Waals surface area contributed by atoms with Crippen molar-refractivity contribution >= 4 is 5.97 Å². The Hall–Kier alpha value is -2.17. The first-order valence-corrected chi connectivity index (χ1v) is 5.07. The first-order chi connectivity index (χ1) is 8.08. The zero-order valence-corrected chi connectivity index (χ0v) is 9.22. The molecule has 0 bridgehead atoms. The van der Waals surface area contributed by atoms with Crippen LogP contribution in [0.15, 0.2) is 30.3 Å². The van der Waals surface area contributed by atoms with Crippen LogP contribution < -0.4 is 0 Å². The van der Waals surface area contributed by atoms with E-state index in [0.29, 0.717) is 17.0 Å². The summed E-state index contributed by atoms with van der Waals surface area (Å²) in [6.07, 6.45) is -0.127. The molecule has 0 fully saturated rings. The number of rotatable bonds is 3. The number of aliphatic carboxylic acids is 1. The molecule has 0 amide bonds. The molecule has 0 spiro atoms. The maximum absolute atomic E-state index is 13.5. The predicted molar refractivity (Wildman–Crippen MR) is 59.9 cm³/mol. The fraction of sp³-hybridized carbons (Fsp3) is 0.167. The van der Waals surface area contributed by atoms with Gasteiger partial charge < -0.3 is 5.11 Å². The Labute approximate surface area is 97.3 Å².